The summed E-state index contributed by atoms with van der Waals surface area (Å²) >= 11 is 8.87. The standard InChI is InChI=1S/C20H18ClN5OS2/c1-10-7-14(21)5-6-16(10)25-11(2)8-13(12(25)3)9-15-17(22)26-19(23-18(15)27)29-20(24-26)28-4/h5-9,22H,1-4H3/b15-9+,22-17?. The molecule has 29 heavy (non-hydrogen) atoms. The molecule has 0 unspecified atom stereocenters. The van der Waals surface area contributed by atoms with Crippen molar-refractivity contribution in [1.82, 2.24) is 9.58 Å². The number of hydrazone groups is 1. The van der Waals surface area contributed by atoms with E-state index in [4.69, 9.17) is 17.0 Å². The zero-order valence-electron chi connectivity index (χ0n) is 16.3. The zero-order chi connectivity index (χ0) is 20.9. The Morgan fingerprint density at radius 1 is 1.24 bits per heavy atom. The van der Waals surface area contributed by atoms with Crippen molar-refractivity contribution in [2.75, 3.05) is 6.26 Å². The Balaban J connectivity index is 1.77. The lowest BCUT2D eigenvalue weighted by atomic mass is 10.1. The Morgan fingerprint density at radius 3 is 2.69 bits per heavy atom. The number of aromatic nitrogens is 1. The number of rotatable bonds is 2. The zero-order valence-corrected chi connectivity index (χ0v) is 18.7. The van der Waals surface area contributed by atoms with Crippen molar-refractivity contribution in [1.29, 1.82) is 5.41 Å². The maximum absolute atomic E-state index is 12.6. The number of fused-ring (bicyclic) bond motifs is 1. The molecule has 1 aromatic heterocycles. The van der Waals surface area contributed by atoms with E-state index in [1.807, 2.05) is 51.3 Å². The molecule has 6 nitrogen and oxygen atoms in total. The summed E-state index contributed by atoms with van der Waals surface area (Å²) in [6, 6.07) is 7.78. The molecular formula is C20H18ClN5OS2. The minimum absolute atomic E-state index is 0.0454. The number of aliphatic imine (C=N–C) groups is 1. The molecule has 1 aromatic carbocycles. The van der Waals surface area contributed by atoms with Gasteiger partial charge < -0.3 is 4.57 Å². The third-order valence-electron chi connectivity index (χ3n) is 4.78. The van der Waals surface area contributed by atoms with Crippen molar-refractivity contribution in [3.05, 3.63) is 57.4 Å². The lowest BCUT2D eigenvalue weighted by Gasteiger charge is -2.20. The summed E-state index contributed by atoms with van der Waals surface area (Å²) in [7, 11) is 0. The number of carbonyl (C=O) groups excluding carboxylic acids is 1. The number of hydrogen-bond acceptors (Lipinski definition) is 5. The highest BCUT2D eigenvalue weighted by atomic mass is 35.5. The van der Waals surface area contributed by atoms with E-state index in [9.17, 15) is 4.79 Å². The SMILES string of the molecule is CSC1=NN2C(=N)/C(=C\c3cc(C)n(-c4ccc(Cl)cc4C)c3C)C(=O)N=C2S1. The molecule has 4 rings (SSSR count). The lowest BCUT2D eigenvalue weighted by Crippen LogP contribution is -2.35. The van der Waals surface area contributed by atoms with Crippen LogP contribution in [-0.4, -0.2) is 37.1 Å². The van der Waals surface area contributed by atoms with E-state index in [-0.39, 0.29) is 11.4 Å². The van der Waals surface area contributed by atoms with Crippen LogP contribution in [0.4, 0.5) is 0 Å². The van der Waals surface area contributed by atoms with Gasteiger partial charge in [0.15, 0.2) is 10.2 Å². The molecule has 2 aliphatic rings. The Morgan fingerprint density at radius 2 is 2.00 bits per heavy atom. The molecule has 0 spiro atoms. The van der Waals surface area contributed by atoms with Gasteiger partial charge in [-0.25, -0.2) is 0 Å². The number of benzene rings is 1. The highest BCUT2D eigenvalue weighted by Crippen LogP contribution is 2.32. The third kappa shape index (κ3) is 3.45. The van der Waals surface area contributed by atoms with Gasteiger partial charge in [-0.1, -0.05) is 11.6 Å². The second-order valence-electron chi connectivity index (χ2n) is 6.68. The first kappa shape index (κ1) is 20.0. The highest BCUT2D eigenvalue weighted by Gasteiger charge is 2.35. The van der Waals surface area contributed by atoms with Crippen LogP contribution in [0.5, 0.6) is 0 Å². The largest absolute Gasteiger partial charge is 0.318 e. The van der Waals surface area contributed by atoms with Crippen molar-refractivity contribution in [2.24, 2.45) is 10.1 Å². The summed E-state index contributed by atoms with van der Waals surface area (Å²) in [6.07, 6.45) is 3.63. The molecule has 148 valence electrons. The van der Waals surface area contributed by atoms with Crippen LogP contribution in [0.1, 0.15) is 22.5 Å². The van der Waals surface area contributed by atoms with E-state index >= 15 is 0 Å². The molecule has 0 bridgehead atoms. The number of aryl methyl sites for hydroxylation is 2. The van der Waals surface area contributed by atoms with Crippen molar-refractivity contribution >= 4 is 62.5 Å². The molecule has 0 saturated heterocycles. The van der Waals surface area contributed by atoms with E-state index in [0.29, 0.717) is 10.2 Å². The first-order valence-electron chi connectivity index (χ1n) is 8.80. The predicted molar refractivity (Wildman–Crippen MR) is 124 cm³/mol. The third-order valence-corrected chi connectivity index (χ3v) is 6.90. The molecule has 1 amide bonds. The quantitative estimate of drug-likeness (QED) is 0.663. The molecule has 3 heterocycles. The first-order valence-corrected chi connectivity index (χ1v) is 11.2. The van der Waals surface area contributed by atoms with E-state index in [2.05, 4.69) is 14.7 Å². The summed E-state index contributed by atoms with van der Waals surface area (Å²) in [6.45, 7) is 6.02. The summed E-state index contributed by atoms with van der Waals surface area (Å²) in [5.74, 6) is -0.372. The van der Waals surface area contributed by atoms with E-state index in [1.165, 1.54) is 28.5 Å². The monoisotopic (exact) mass is 443 g/mol. The number of thioether (sulfide) groups is 2. The summed E-state index contributed by atoms with van der Waals surface area (Å²) in [5.41, 5.74) is 5.18. The number of halogens is 1. The Labute approximate surface area is 182 Å². The van der Waals surface area contributed by atoms with Gasteiger partial charge in [0.2, 0.25) is 5.17 Å². The Kier molecular flexibility index (Phi) is 5.18. The number of amides is 1. The van der Waals surface area contributed by atoms with E-state index < -0.39 is 5.91 Å². The van der Waals surface area contributed by atoms with Gasteiger partial charge >= 0.3 is 0 Å². The molecule has 0 radical (unpaired) electrons. The topological polar surface area (TPSA) is 73.8 Å². The van der Waals surface area contributed by atoms with E-state index in [1.54, 1.807) is 6.08 Å². The van der Waals surface area contributed by atoms with E-state index in [0.717, 1.165) is 32.6 Å². The average molecular weight is 444 g/mol. The van der Waals surface area contributed by atoms with Crippen LogP contribution in [0.25, 0.3) is 11.8 Å². The van der Waals surface area contributed by atoms with Crippen LogP contribution < -0.4 is 0 Å². The molecule has 0 saturated carbocycles. The van der Waals surface area contributed by atoms with Crippen LogP contribution in [0, 0.1) is 26.2 Å². The van der Waals surface area contributed by atoms with Crippen LogP contribution in [0.15, 0.2) is 39.9 Å². The van der Waals surface area contributed by atoms with Crippen molar-refractivity contribution in [3.63, 3.8) is 0 Å². The maximum atomic E-state index is 12.6. The minimum Gasteiger partial charge on any atom is -0.318 e. The van der Waals surface area contributed by atoms with Gasteiger partial charge in [0.05, 0.1) is 5.57 Å². The van der Waals surface area contributed by atoms with Gasteiger partial charge in [-0.2, -0.15) is 10.0 Å². The average Bonchev–Trinajstić information content (AvgIpc) is 3.20. The lowest BCUT2D eigenvalue weighted by molar-refractivity contribution is -0.114. The molecule has 1 N–H and O–H groups in total. The van der Waals surface area contributed by atoms with Crippen molar-refractivity contribution in [2.45, 2.75) is 20.8 Å². The second kappa shape index (κ2) is 7.51. The molecule has 0 aliphatic carbocycles. The van der Waals surface area contributed by atoms with Crippen LogP contribution in [0.2, 0.25) is 5.02 Å². The molecule has 2 aromatic rings. The summed E-state index contributed by atoms with van der Waals surface area (Å²) in [4.78, 5) is 16.7. The maximum Gasteiger partial charge on any atom is 0.283 e. The number of hydrogen-bond donors (Lipinski definition) is 1. The fourth-order valence-electron chi connectivity index (χ4n) is 3.39. The molecule has 2 aliphatic heterocycles. The van der Waals surface area contributed by atoms with Gasteiger partial charge in [0.1, 0.15) is 0 Å². The fourth-order valence-corrected chi connectivity index (χ4v) is 4.96. The summed E-state index contributed by atoms with van der Waals surface area (Å²) < 4.78 is 2.89. The van der Waals surface area contributed by atoms with Crippen LogP contribution in [-0.2, 0) is 4.79 Å². The smallest absolute Gasteiger partial charge is 0.283 e. The Bertz CT molecular complexity index is 1160. The summed E-state index contributed by atoms with van der Waals surface area (Å²) in [5, 5.41) is 15.4. The molecule has 9 heteroatoms. The normalized spacial score (nSPS) is 17.7. The van der Waals surface area contributed by atoms with Crippen LogP contribution >= 0.6 is 35.1 Å². The molecular weight excluding hydrogens is 426 g/mol. The number of carbonyl (C=O) groups is 1. The fraction of sp³-hybridized carbons (Fsp3) is 0.200. The highest BCUT2D eigenvalue weighted by molar-refractivity contribution is 8.45. The second-order valence-corrected chi connectivity index (χ2v) is 9.13. The Hall–Kier alpha value is -2.29. The first-order chi connectivity index (χ1) is 13.8. The number of nitrogens with zero attached hydrogens (tertiary/aromatic N) is 4. The molecule has 0 fully saturated rings. The van der Waals surface area contributed by atoms with Gasteiger partial charge in [-0.3, -0.25) is 10.2 Å². The molecule has 0 atom stereocenters. The van der Waals surface area contributed by atoms with Gasteiger partial charge in [-0.05, 0) is 80.3 Å². The van der Waals surface area contributed by atoms with Crippen molar-refractivity contribution < 1.29 is 4.79 Å². The van der Waals surface area contributed by atoms with Gasteiger partial charge in [-0.15, -0.1) is 16.9 Å². The number of amidine groups is 2. The predicted octanol–water partition coefficient (Wildman–Crippen LogP) is 5.00. The van der Waals surface area contributed by atoms with Crippen molar-refractivity contribution in [3.8, 4) is 5.69 Å². The number of nitrogens with one attached hydrogen (secondary N) is 1. The minimum atomic E-state index is -0.418. The van der Waals surface area contributed by atoms with Gasteiger partial charge in [0.25, 0.3) is 5.91 Å². The van der Waals surface area contributed by atoms with Gasteiger partial charge in [0, 0.05) is 22.1 Å². The van der Waals surface area contributed by atoms with Crippen LogP contribution in [0.3, 0.4) is 0 Å².